The lowest BCUT2D eigenvalue weighted by molar-refractivity contribution is -0.141. The van der Waals surface area contributed by atoms with E-state index in [0.717, 1.165) is 27.8 Å². The molecule has 0 amide bonds. The fraction of sp³-hybridized carbons (Fsp3) is 0.316. The number of rotatable bonds is 4. The first-order chi connectivity index (χ1) is 13.7. The van der Waals surface area contributed by atoms with Crippen molar-refractivity contribution >= 4 is 33.8 Å². The van der Waals surface area contributed by atoms with E-state index in [2.05, 4.69) is 15.0 Å². The third kappa shape index (κ3) is 3.21. The molecule has 0 unspecified atom stereocenters. The van der Waals surface area contributed by atoms with Crippen LogP contribution in [0.25, 0.3) is 33.5 Å². The van der Waals surface area contributed by atoms with Crippen molar-refractivity contribution in [3.63, 3.8) is 0 Å². The second kappa shape index (κ2) is 6.94. The van der Waals surface area contributed by atoms with Crippen molar-refractivity contribution in [2.45, 2.75) is 31.5 Å². The molecule has 3 aromatic heterocycles. The molecule has 0 saturated heterocycles. The number of nitrogens with zero attached hydrogens (tertiary/aromatic N) is 4. The molecular formula is C19H18F3N5OS. The van der Waals surface area contributed by atoms with Gasteiger partial charge in [-0.25, -0.2) is 14.8 Å². The Morgan fingerprint density at radius 2 is 1.93 bits per heavy atom. The first kappa shape index (κ1) is 19.6. The molecule has 0 atom stereocenters. The Hall–Kier alpha value is -2.75. The van der Waals surface area contributed by atoms with Crippen LogP contribution in [0.5, 0.6) is 0 Å². The van der Waals surface area contributed by atoms with Crippen LogP contribution in [-0.2, 0) is 19.8 Å². The van der Waals surface area contributed by atoms with E-state index in [1.54, 1.807) is 27.9 Å². The molecule has 0 aliphatic rings. The summed E-state index contributed by atoms with van der Waals surface area (Å²) in [5, 5.41) is 0. The van der Waals surface area contributed by atoms with Gasteiger partial charge in [-0.1, -0.05) is 6.92 Å². The molecule has 29 heavy (non-hydrogen) atoms. The molecule has 0 bridgehead atoms. The van der Waals surface area contributed by atoms with Crippen molar-refractivity contribution in [2.75, 3.05) is 5.75 Å². The normalized spacial score (nSPS) is 12.3. The van der Waals surface area contributed by atoms with Gasteiger partial charge >= 0.3 is 11.9 Å². The highest BCUT2D eigenvalue weighted by molar-refractivity contribution is 7.99. The van der Waals surface area contributed by atoms with Crippen molar-refractivity contribution < 1.29 is 13.2 Å². The number of thioether (sulfide) groups is 1. The molecule has 0 saturated carbocycles. The van der Waals surface area contributed by atoms with Gasteiger partial charge in [-0.2, -0.15) is 13.2 Å². The van der Waals surface area contributed by atoms with E-state index in [1.807, 2.05) is 26.0 Å². The lowest BCUT2D eigenvalue weighted by Crippen LogP contribution is -2.14. The number of aromatic nitrogens is 5. The molecule has 0 fully saturated rings. The monoisotopic (exact) mass is 421 g/mol. The number of hydrogen-bond donors (Lipinski definition) is 1. The molecule has 10 heteroatoms. The summed E-state index contributed by atoms with van der Waals surface area (Å²) in [5.41, 5.74) is 1.75. The maximum atomic E-state index is 13.0. The Bertz CT molecular complexity index is 1290. The molecule has 0 aliphatic heterocycles. The Kier molecular flexibility index (Phi) is 4.68. The minimum Gasteiger partial charge on any atom is -0.326 e. The van der Waals surface area contributed by atoms with Crippen LogP contribution in [0.2, 0.25) is 0 Å². The van der Waals surface area contributed by atoms with Crippen LogP contribution in [0.3, 0.4) is 0 Å². The second-order valence-electron chi connectivity index (χ2n) is 6.52. The Balaban J connectivity index is 1.97. The minimum absolute atomic E-state index is 0.198. The molecule has 0 spiro atoms. The topological polar surface area (TPSA) is 68.5 Å². The summed E-state index contributed by atoms with van der Waals surface area (Å²) in [6, 6.07) is 4.72. The van der Waals surface area contributed by atoms with Gasteiger partial charge in [-0.15, -0.1) is 11.8 Å². The predicted octanol–water partition coefficient (Wildman–Crippen LogP) is 4.43. The highest BCUT2D eigenvalue weighted by Crippen LogP contribution is 2.36. The van der Waals surface area contributed by atoms with E-state index < -0.39 is 11.9 Å². The first-order valence-electron chi connectivity index (χ1n) is 9.04. The number of H-pyrrole nitrogens is 1. The molecule has 4 aromatic rings. The summed E-state index contributed by atoms with van der Waals surface area (Å²) in [4.78, 5) is 23.9. The van der Waals surface area contributed by atoms with Crippen LogP contribution >= 0.6 is 11.8 Å². The van der Waals surface area contributed by atoms with Gasteiger partial charge in [-0.05, 0) is 30.9 Å². The molecule has 1 N–H and O–H groups in total. The predicted molar refractivity (Wildman–Crippen MR) is 107 cm³/mol. The van der Waals surface area contributed by atoms with Crippen LogP contribution in [-0.4, -0.2) is 29.8 Å². The Morgan fingerprint density at radius 3 is 2.59 bits per heavy atom. The number of halogens is 3. The maximum Gasteiger partial charge on any atom is 0.433 e. The van der Waals surface area contributed by atoms with E-state index in [1.165, 1.54) is 6.20 Å². The second-order valence-corrected chi connectivity index (χ2v) is 7.83. The number of imidazole rings is 2. The van der Waals surface area contributed by atoms with Gasteiger partial charge in [0.2, 0.25) is 0 Å². The fourth-order valence-corrected chi connectivity index (χ4v) is 4.24. The zero-order chi connectivity index (χ0) is 20.9. The van der Waals surface area contributed by atoms with Gasteiger partial charge in [0.1, 0.15) is 11.5 Å². The first-order valence-corrected chi connectivity index (χ1v) is 10.0. The number of aryl methyl sites for hydroxylation is 2. The summed E-state index contributed by atoms with van der Waals surface area (Å²) in [6.07, 6.45) is -3.34. The summed E-state index contributed by atoms with van der Waals surface area (Å²) in [7, 11) is 1.74. The van der Waals surface area contributed by atoms with Crippen LogP contribution in [0.1, 0.15) is 19.5 Å². The average molecular weight is 421 g/mol. The standard InChI is InChI=1S/C19H18F3N5OS/c1-4-27-13-8-15(29-5-2)10(6-11(13)25-18(27)28)17-24-12-7-16(19(20,21)22)23-9-14(12)26(17)3/h6-9H,4-5H2,1-3H3,(H,25,28). The Morgan fingerprint density at radius 1 is 1.17 bits per heavy atom. The number of hydrogen-bond acceptors (Lipinski definition) is 4. The lowest BCUT2D eigenvalue weighted by atomic mass is 10.2. The zero-order valence-electron chi connectivity index (χ0n) is 16.0. The largest absolute Gasteiger partial charge is 0.433 e. The van der Waals surface area contributed by atoms with Crippen molar-refractivity contribution in [3.05, 3.63) is 40.6 Å². The van der Waals surface area contributed by atoms with Gasteiger partial charge in [0, 0.05) is 24.1 Å². The summed E-state index contributed by atoms with van der Waals surface area (Å²) in [6.45, 7) is 4.44. The number of fused-ring (bicyclic) bond motifs is 2. The molecule has 0 aliphatic carbocycles. The van der Waals surface area contributed by atoms with Gasteiger partial charge in [0.25, 0.3) is 0 Å². The van der Waals surface area contributed by atoms with Crippen LogP contribution in [0.15, 0.2) is 34.1 Å². The van der Waals surface area contributed by atoms with E-state index in [9.17, 15) is 18.0 Å². The van der Waals surface area contributed by atoms with Crippen LogP contribution in [0, 0.1) is 0 Å². The van der Waals surface area contributed by atoms with Crippen molar-refractivity contribution in [1.29, 1.82) is 0 Å². The number of nitrogens with one attached hydrogen (secondary N) is 1. The number of aromatic amines is 1. The molecule has 152 valence electrons. The molecule has 1 aromatic carbocycles. The highest BCUT2D eigenvalue weighted by atomic mass is 32.2. The summed E-state index contributed by atoms with van der Waals surface area (Å²) < 4.78 is 42.4. The molecule has 4 rings (SSSR count). The van der Waals surface area contributed by atoms with Gasteiger partial charge < -0.3 is 9.55 Å². The maximum absolute atomic E-state index is 13.0. The third-order valence-corrected chi connectivity index (χ3v) is 5.73. The van der Waals surface area contributed by atoms with E-state index in [4.69, 9.17) is 0 Å². The van der Waals surface area contributed by atoms with Gasteiger partial charge in [-0.3, -0.25) is 4.57 Å². The average Bonchev–Trinajstić information content (AvgIpc) is 3.16. The Labute approximate surface area is 167 Å². The minimum atomic E-state index is -4.53. The summed E-state index contributed by atoms with van der Waals surface area (Å²) >= 11 is 1.59. The molecular weight excluding hydrogens is 403 g/mol. The quantitative estimate of drug-likeness (QED) is 0.495. The van der Waals surface area contributed by atoms with Crippen molar-refractivity contribution in [3.8, 4) is 11.4 Å². The number of pyridine rings is 1. The van der Waals surface area contributed by atoms with E-state index in [-0.39, 0.29) is 11.2 Å². The number of benzene rings is 1. The number of alkyl halides is 3. The van der Waals surface area contributed by atoms with Crippen LogP contribution in [0.4, 0.5) is 13.2 Å². The molecule has 3 heterocycles. The fourth-order valence-electron chi connectivity index (χ4n) is 3.43. The molecule has 0 radical (unpaired) electrons. The SMILES string of the molecule is CCSc1cc2c(cc1-c1nc3cc(C(F)(F)F)ncc3n1C)[nH]c(=O)n2CC. The lowest BCUT2D eigenvalue weighted by Gasteiger charge is -2.10. The smallest absolute Gasteiger partial charge is 0.326 e. The highest BCUT2D eigenvalue weighted by Gasteiger charge is 2.33. The zero-order valence-corrected chi connectivity index (χ0v) is 16.8. The van der Waals surface area contributed by atoms with Gasteiger partial charge in [0.05, 0.1) is 28.3 Å². The van der Waals surface area contributed by atoms with Crippen molar-refractivity contribution in [1.82, 2.24) is 24.1 Å². The van der Waals surface area contributed by atoms with Crippen LogP contribution < -0.4 is 5.69 Å². The van der Waals surface area contributed by atoms with Crippen molar-refractivity contribution in [2.24, 2.45) is 7.05 Å². The third-order valence-electron chi connectivity index (χ3n) is 4.79. The van der Waals surface area contributed by atoms with Gasteiger partial charge in [0.15, 0.2) is 0 Å². The van der Waals surface area contributed by atoms with E-state index in [0.29, 0.717) is 23.4 Å². The van der Waals surface area contributed by atoms with E-state index >= 15 is 0 Å². The summed E-state index contributed by atoms with van der Waals surface area (Å²) in [5.74, 6) is 1.31. The molecule has 6 nitrogen and oxygen atoms in total.